The molecule has 4 N–H and O–H groups in total. The molecular weight excluding hydrogens is 216 g/mol. The molecular formula is C13H16N2O2. The number of hydrogen-bond acceptors (Lipinski definition) is 3. The van der Waals surface area contributed by atoms with Crippen molar-refractivity contribution in [2.75, 3.05) is 0 Å². The molecule has 4 heteroatoms. The number of carbonyl (C=O) groups is 1. The molecule has 90 valence electrons. The van der Waals surface area contributed by atoms with E-state index in [1.807, 2.05) is 31.2 Å². The number of aliphatic carboxylic acids is 1. The highest BCUT2D eigenvalue weighted by Gasteiger charge is 2.03. The minimum absolute atomic E-state index is 0.415. The Morgan fingerprint density at radius 2 is 2.00 bits per heavy atom. The van der Waals surface area contributed by atoms with Crippen LogP contribution in [0.3, 0.4) is 0 Å². The van der Waals surface area contributed by atoms with Gasteiger partial charge >= 0.3 is 5.97 Å². The molecule has 0 heterocycles. The lowest BCUT2D eigenvalue weighted by molar-refractivity contribution is -0.129. The van der Waals surface area contributed by atoms with Crippen molar-refractivity contribution in [2.45, 2.75) is 19.8 Å². The van der Waals surface area contributed by atoms with Crippen molar-refractivity contribution in [1.29, 1.82) is 5.41 Å². The van der Waals surface area contributed by atoms with Gasteiger partial charge in [0.2, 0.25) is 0 Å². The Morgan fingerprint density at radius 1 is 1.41 bits per heavy atom. The van der Waals surface area contributed by atoms with Crippen LogP contribution in [0.5, 0.6) is 0 Å². The summed E-state index contributed by atoms with van der Waals surface area (Å²) in [5.74, 6) is -1.26. The first kappa shape index (κ1) is 13.0. The molecule has 1 aromatic rings. The number of nitrogens with two attached hydrogens (primary N) is 1. The number of carboxylic acids is 1. The average Bonchev–Trinajstić information content (AvgIpc) is 2.28. The zero-order valence-corrected chi connectivity index (χ0v) is 9.73. The van der Waals surface area contributed by atoms with Crippen LogP contribution < -0.4 is 5.73 Å². The molecule has 0 fully saturated rings. The Bertz CT molecular complexity index is 447. The molecule has 0 saturated carbocycles. The Labute approximate surface area is 100 Å². The molecule has 0 aliphatic heterocycles. The first-order chi connectivity index (χ1) is 7.99. The monoisotopic (exact) mass is 232 g/mol. The molecule has 0 amide bonds. The Kier molecular flexibility index (Phi) is 4.46. The summed E-state index contributed by atoms with van der Waals surface area (Å²) in [6, 6.07) is 8.08. The molecule has 0 aliphatic carbocycles. The van der Waals surface area contributed by atoms with Gasteiger partial charge < -0.3 is 10.8 Å². The second-order valence-corrected chi connectivity index (χ2v) is 3.92. The van der Waals surface area contributed by atoms with Gasteiger partial charge in [-0.1, -0.05) is 29.8 Å². The van der Waals surface area contributed by atoms with Crippen LogP contribution in [0, 0.1) is 12.3 Å². The molecule has 0 unspecified atom stereocenters. The highest BCUT2D eigenvalue weighted by molar-refractivity contribution is 6.39. The lowest BCUT2D eigenvalue weighted by atomic mass is 10.1. The van der Waals surface area contributed by atoms with Crippen LogP contribution in [-0.2, 0) is 11.2 Å². The number of nitrogens with one attached hydrogen (secondary N) is 1. The molecule has 0 spiro atoms. The molecule has 0 bridgehead atoms. The van der Waals surface area contributed by atoms with E-state index in [1.54, 1.807) is 0 Å². The van der Waals surface area contributed by atoms with E-state index in [-0.39, 0.29) is 0 Å². The van der Waals surface area contributed by atoms with E-state index < -0.39 is 11.7 Å². The third-order valence-electron chi connectivity index (χ3n) is 2.38. The van der Waals surface area contributed by atoms with E-state index in [0.717, 1.165) is 12.0 Å². The Balaban J connectivity index is 2.53. The highest BCUT2D eigenvalue weighted by Crippen LogP contribution is 2.08. The van der Waals surface area contributed by atoms with Crippen LogP contribution in [0.4, 0.5) is 0 Å². The third kappa shape index (κ3) is 4.51. The minimum Gasteiger partial charge on any atom is -0.477 e. The van der Waals surface area contributed by atoms with Gasteiger partial charge in [0.15, 0.2) is 0 Å². The fraction of sp³-hybridized carbons (Fsp3) is 0.231. The van der Waals surface area contributed by atoms with E-state index in [4.69, 9.17) is 16.2 Å². The lowest BCUT2D eigenvalue weighted by Crippen LogP contribution is -2.11. The number of hydrogen-bond donors (Lipinski definition) is 3. The zero-order chi connectivity index (χ0) is 12.8. The summed E-state index contributed by atoms with van der Waals surface area (Å²) in [6.07, 6.45) is 2.49. The van der Waals surface area contributed by atoms with Crippen molar-refractivity contribution in [3.63, 3.8) is 0 Å². The van der Waals surface area contributed by atoms with E-state index in [1.165, 1.54) is 11.6 Å². The van der Waals surface area contributed by atoms with Gasteiger partial charge in [-0.2, -0.15) is 0 Å². The Hall–Kier alpha value is -2.10. The maximum atomic E-state index is 10.4. The smallest absolute Gasteiger partial charge is 0.353 e. The van der Waals surface area contributed by atoms with Gasteiger partial charge in [-0.05, 0) is 31.4 Å². The molecule has 0 aliphatic rings. The van der Waals surface area contributed by atoms with Crippen LogP contribution in [0.2, 0.25) is 0 Å². The van der Waals surface area contributed by atoms with Crippen LogP contribution in [0.15, 0.2) is 36.0 Å². The lowest BCUT2D eigenvalue weighted by Gasteiger charge is -2.03. The minimum atomic E-state index is -1.26. The number of allylic oxidation sites excluding steroid dienone is 1. The number of carboxylic acid groups (broad SMARTS) is 1. The maximum Gasteiger partial charge on any atom is 0.353 e. The average molecular weight is 232 g/mol. The van der Waals surface area contributed by atoms with Crippen LogP contribution in [0.1, 0.15) is 17.5 Å². The molecule has 1 aromatic carbocycles. The van der Waals surface area contributed by atoms with E-state index >= 15 is 0 Å². The van der Waals surface area contributed by atoms with Crippen LogP contribution in [-0.4, -0.2) is 16.8 Å². The number of rotatable bonds is 5. The topological polar surface area (TPSA) is 87.2 Å². The SMILES string of the molecule is Cc1ccc(CC/C(N)=C/C(=N)C(=O)O)cc1. The molecule has 0 radical (unpaired) electrons. The van der Waals surface area contributed by atoms with Gasteiger partial charge in [-0.25, -0.2) is 4.79 Å². The quantitative estimate of drug-likeness (QED) is 0.677. The second-order valence-electron chi connectivity index (χ2n) is 3.92. The van der Waals surface area contributed by atoms with Gasteiger partial charge in [0.1, 0.15) is 5.71 Å². The summed E-state index contributed by atoms with van der Waals surface area (Å²) in [7, 11) is 0. The fourth-order valence-corrected chi connectivity index (χ4v) is 1.36. The normalized spacial score (nSPS) is 11.2. The van der Waals surface area contributed by atoms with Crippen molar-refractivity contribution >= 4 is 11.7 Å². The van der Waals surface area contributed by atoms with Gasteiger partial charge in [0.25, 0.3) is 0 Å². The molecule has 17 heavy (non-hydrogen) atoms. The van der Waals surface area contributed by atoms with Crippen LogP contribution >= 0.6 is 0 Å². The molecule has 0 saturated heterocycles. The number of aryl methyl sites for hydroxylation is 2. The fourth-order valence-electron chi connectivity index (χ4n) is 1.36. The summed E-state index contributed by atoms with van der Waals surface area (Å²) >= 11 is 0. The molecule has 0 atom stereocenters. The predicted molar refractivity (Wildman–Crippen MR) is 67.1 cm³/mol. The van der Waals surface area contributed by atoms with Crippen molar-refractivity contribution in [3.05, 3.63) is 47.2 Å². The largest absolute Gasteiger partial charge is 0.477 e. The van der Waals surface area contributed by atoms with Gasteiger partial charge in [0, 0.05) is 5.70 Å². The van der Waals surface area contributed by atoms with Crippen molar-refractivity contribution in [1.82, 2.24) is 0 Å². The summed E-state index contributed by atoms with van der Waals surface area (Å²) in [5, 5.41) is 15.7. The summed E-state index contributed by atoms with van der Waals surface area (Å²) in [5.41, 5.74) is 7.93. The maximum absolute atomic E-state index is 10.4. The van der Waals surface area contributed by atoms with Crippen molar-refractivity contribution < 1.29 is 9.90 Å². The molecule has 0 aromatic heterocycles. The standard InChI is InChI=1S/C13H16N2O2/c1-9-2-4-10(5-3-9)6-7-11(14)8-12(15)13(16)17/h2-5,8,15H,6-7,14H2,1H3,(H,16,17)/b11-8-,15-12?. The molecule has 1 rings (SSSR count). The van der Waals surface area contributed by atoms with Crippen LogP contribution in [0.25, 0.3) is 0 Å². The third-order valence-corrected chi connectivity index (χ3v) is 2.38. The van der Waals surface area contributed by atoms with Gasteiger partial charge in [0.05, 0.1) is 0 Å². The summed E-state index contributed by atoms with van der Waals surface area (Å²) < 4.78 is 0. The predicted octanol–water partition coefficient (Wildman–Crippen LogP) is 1.87. The van der Waals surface area contributed by atoms with E-state index in [9.17, 15) is 4.79 Å². The van der Waals surface area contributed by atoms with Gasteiger partial charge in [-0.3, -0.25) is 5.41 Å². The highest BCUT2D eigenvalue weighted by atomic mass is 16.4. The first-order valence-electron chi connectivity index (χ1n) is 5.32. The van der Waals surface area contributed by atoms with E-state index in [2.05, 4.69) is 0 Å². The zero-order valence-electron chi connectivity index (χ0n) is 9.73. The first-order valence-corrected chi connectivity index (χ1v) is 5.32. The van der Waals surface area contributed by atoms with Crippen molar-refractivity contribution in [2.24, 2.45) is 5.73 Å². The van der Waals surface area contributed by atoms with Crippen molar-refractivity contribution in [3.8, 4) is 0 Å². The molecule has 4 nitrogen and oxygen atoms in total. The van der Waals surface area contributed by atoms with E-state index in [0.29, 0.717) is 12.1 Å². The summed E-state index contributed by atoms with van der Waals surface area (Å²) in [4.78, 5) is 10.4. The second kappa shape index (κ2) is 5.84. The number of benzene rings is 1. The summed E-state index contributed by atoms with van der Waals surface area (Å²) in [6.45, 7) is 2.02. The Morgan fingerprint density at radius 3 is 2.53 bits per heavy atom. The van der Waals surface area contributed by atoms with Gasteiger partial charge in [-0.15, -0.1) is 0 Å².